The highest BCUT2D eigenvalue weighted by Crippen LogP contribution is 2.29. The van der Waals surface area contributed by atoms with Crippen molar-refractivity contribution in [1.82, 2.24) is 4.98 Å². The summed E-state index contributed by atoms with van der Waals surface area (Å²) in [5.41, 5.74) is 3.95. The molecule has 1 heterocycles. The van der Waals surface area contributed by atoms with Crippen LogP contribution >= 0.6 is 0 Å². The van der Waals surface area contributed by atoms with Gasteiger partial charge in [0, 0.05) is 12.6 Å². The summed E-state index contributed by atoms with van der Waals surface area (Å²) in [5, 5.41) is 0. The van der Waals surface area contributed by atoms with Gasteiger partial charge in [0.1, 0.15) is 0 Å². The van der Waals surface area contributed by atoms with Crippen molar-refractivity contribution in [3.8, 4) is 5.75 Å². The molecule has 0 aliphatic carbocycles. The molecule has 0 fully saturated rings. The van der Waals surface area contributed by atoms with Crippen LogP contribution in [0, 0.1) is 5.95 Å². The summed E-state index contributed by atoms with van der Waals surface area (Å²) in [6, 6.07) is 0.739. The van der Waals surface area contributed by atoms with Gasteiger partial charge in [0.25, 0.3) is 0 Å². The predicted octanol–water partition coefficient (Wildman–Crippen LogP) is 1.75. The Morgan fingerprint density at radius 3 is 2.58 bits per heavy atom. The van der Waals surface area contributed by atoms with Gasteiger partial charge in [-0.25, -0.2) is 9.78 Å². The minimum Gasteiger partial charge on any atom is -0.462 e. The van der Waals surface area contributed by atoms with E-state index < -0.39 is 29.6 Å². The SMILES string of the molecule is CCOC(=O)c1c(OC(F)(F)F)cc(CN)nc1F. The highest BCUT2D eigenvalue weighted by Gasteiger charge is 2.35. The summed E-state index contributed by atoms with van der Waals surface area (Å²) in [6.07, 6.45) is -5.08. The molecule has 0 aliphatic heterocycles. The fraction of sp³-hybridized carbons (Fsp3) is 0.400. The summed E-state index contributed by atoms with van der Waals surface area (Å²) < 4.78 is 58.1. The molecule has 0 unspecified atom stereocenters. The molecule has 0 aromatic carbocycles. The monoisotopic (exact) mass is 282 g/mol. The number of esters is 1. The molecule has 1 aromatic heterocycles. The fourth-order valence-electron chi connectivity index (χ4n) is 1.24. The standard InChI is InChI=1S/C10H10F4N2O3/c1-2-18-9(17)7-6(19-10(12,13)14)3-5(4-15)16-8(7)11/h3H,2,4,15H2,1H3. The number of halogens is 4. The lowest BCUT2D eigenvalue weighted by atomic mass is 10.2. The van der Waals surface area contributed by atoms with Crippen LogP contribution in [-0.4, -0.2) is 23.9 Å². The van der Waals surface area contributed by atoms with E-state index in [0.29, 0.717) is 0 Å². The second-order valence-electron chi connectivity index (χ2n) is 3.25. The predicted molar refractivity (Wildman–Crippen MR) is 54.7 cm³/mol. The summed E-state index contributed by atoms with van der Waals surface area (Å²) in [4.78, 5) is 14.6. The van der Waals surface area contributed by atoms with Gasteiger partial charge in [-0.1, -0.05) is 0 Å². The average Bonchev–Trinajstić information content (AvgIpc) is 2.26. The second kappa shape index (κ2) is 5.83. The summed E-state index contributed by atoms with van der Waals surface area (Å²) in [7, 11) is 0. The fourth-order valence-corrected chi connectivity index (χ4v) is 1.24. The van der Waals surface area contributed by atoms with Gasteiger partial charge in [-0.3, -0.25) is 0 Å². The van der Waals surface area contributed by atoms with Crippen LogP contribution in [0.2, 0.25) is 0 Å². The van der Waals surface area contributed by atoms with E-state index in [0.717, 1.165) is 6.07 Å². The van der Waals surface area contributed by atoms with Crippen molar-refractivity contribution in [3.05, 3.63) is 23.3 Å². The van der Waals surface area contributed by atoms with Gasteiger partial charge in [-0.2, -0.15) is 4.39 Å². The topological polar surface area (TPSA) is 74.4 Å². The van der Waals surface area contributed by atoms with E-state index in [9.17, 15) is 22.4 Å². The Kier molecular flexibility index (Phi) is 4.65. The van der Waals surface area contributed by atoms with Gasteiger partial charge in [0.2, 0.25) is 5.95 Å². The third kappa shape index (κ3) is 4.05. The molecule has 5 nitrogen and oxygen atoms in total. The normalized spacial score (nSPS) is 11.3. The van der Waals surface area contributed by atoms with Gasteiger partial charge < -0.3 is 15.2 Å². The van der Waals surface area contributed by atoms with Crippen molar-refractivity contribution in [3.63, 3.8) is 0 Å². The number of ether oxygens (including phenoxy) is 2. The lowest BCUT2D eigenvalue weighted by molar-refractivity contribution is -0.274. The van der Waals surface area contributed by atoms with Gasteiger partial charge in [0.05, 0.1) is 12.3 Å². The molecule has 0 aliphatic rings. The first kappa shape index (κ1) is 15.2. The number of hydrogen-bond acceptors (Lipinski definition) is 5. The first-order chi connectivity index (χ1) is 8.78. The smallest absolute Gasteiger partial charge is 0.462 e. The number of rotatable bonds is 4. The Morgan fingerprint density at radius 2 is 2.11 bits per heavy atom. The summed E-state index contributed by atoms with van der Waals surface area (Å²) in [6.45, 7) is 0.971. The average molecular weight is 282 g/mol. The third-order valence-corrected chi connectivity index (χ3v) is 1.91. The Labute approximate surface area is 105 Å². The van der Waals surface area contributed by atoms with Crippen molar-refractivity contribution in [2.45, 2.75) is 19.8 Å². The van der Waals surface area contributed by atoms with E-state index in [1.165, 1.54) is 6.92 Å². The number of alkyl halides is 3. The largest absolute Gasteiger partial charge is 0.573 e. The first-order valence-electron chi connectivity index (χ1n) is 5.10. The van der Waals surface area contributed by atoms with Gasteiger partial charge in [0.15, 0.2) is 11.3 Å². The van der Waals surface area contributed by atoms with E-state index in [4.69, 9.17) is 5.73 Å². The van der Waals surface area contributed by atoms with E-state index in [1.807, 2.05) is 0 Å². The number of carbonyl (C=O) groups excluding carboxylic acids is 1. The zero-order valence-electron chi connectivity index (χ0n) is 9.75. The van der Waals surface area contributed by atoms with Crippen molar-refractivity contribution in [1.29, 1.82) is 0 Å². The molecule has 0 atom stereocenters. The van der Waals surface area contributed by atoms with Crippen LogP contribution in [0.3, 0.4) is 0 Å². The summed E-state index contributed by atoms with van der Waals surface area (Å²) >= 11 is 0. The van der Waals surface area contributed by atoms with Gasteiger partial charge in [-0.15, -0.1) is 13.2 Å². The molecule has 19 heavy (non-hydrogen) atoms. The Morgan fingerprint density at radius 1 is 1.47 bits per heavy atom. The molecule has 0 saturated heterocycles. The number of aromatic nitrogens is 1. The molecule has 0 saturated carbocycles. The minimum absolute atomic E-state index is 0.137. The van der Waals surface area contributed by atoms with Gasteiger partial charge >= 0.3 is 12.3 Å². The van der Waals surface area contributed by atoms with Crippen LogP contribution in [0.25, 0.3) is 0 Å². The number of nitrogens with zero attached hydrogens (tertiary/aromatic N) is 1. The van der Waals surface area contributed by atoms with Gasteiger partial charge in [-0.05, 0) is 6.92 Å². The number of nitrogens with two attached hydrogens (primary N) is 1. The molecule has 2 N–H and O–H groups in total. The maximum atomic E-state index is 13.5. The van der Waals surface area contributed by atoms with Crippen molar-refractivity contribution < 1.29 is 31.8 Å². The lowest BCUT2D eigenvalue weighted by Gasteiger charge is -2.13. The minimum atomic E-state index is -5.08. The van der Waals surface area contributed by atoms with E-state index >= 15 is 0 Å². The van der Waals surface area contributed by atoms with E-state index in [-0.39, 0.29) is 18.8 Å². The van der Waals surface area contributed by atoms with Crippen molar-refractivity contribution in [2.24, 2.45) is 5.73 Å². The highest BCUT2D eigenvalue weighted by molar-refractivity contribution is 5.92. The molecule has 0 radical (unpaired) electrons. The third-order valence-electron chi connectivity index (χ3n) is 1.91. The van der Waals surface area contributed by atoms with Crippen LogP contribution in [0.4, 0.5) is 17.6 Å². The van der Waals surface area contributed by atoms with E-state index in [1.54, 1.807) is 0 Å². The molecular weight excluding hydrogens is 272 g/mol. The molecule has 1 rings (SSSR count). The molecule has 0 spiro atoms. The Bertz CT molecular complexity index is 477. The number of hydrogen-bond donors (Lipinski definition) is 1. The van der Waals surface area contributed by atoms with Crippen molar-refractivity contribution >= 4 is 5.97 Å². The van der Waals surface area contributed by atoms with Crippen molar-refractivity contribution in [2.75, 3.05) is 6.61 Å². The van der Waals surface area contributed by atoms with Crippen LogP contribution < -0.4 is 10.5 Å². The molecule has 0 bridgehead atoms. The maximum Gasteiger partial charge on any atom is 0.573 e. The zero-order valence-corrected chi connectivity index (χ0v) is 9.75. The van der Waals surface area contributed by atoms with Crippen LogP contribution in [0.5, 0.6) is 5.75 Å². The van der Waals surface area contributed by atoms with E-state index in [2.05, 4.69) is 14.5 Å². The number of carbonyl (C=O) groups is 1. The Hall–Kier alpha value is -1.90. The first-order valence-corrected chi connectivity index (χ1v) is 5.10. The zero-order chi connectivity index (χ0) is 14.6. The Balaban J connectivity index is 3.29. The molecular formula is C10H10F4N2O3. The van der Waals surface area contributed by atoms with Crippen LogP contribution in [0.15, 0.2) is 6.07 Å². The van der Waals surface area contributed by atoms with Crippen LogP contribution in [-0.2, 0) is 11.3 Å². The lowest BCUT2D eigenvalue weighted by Crippen LogP contribution is -2.21. The molecule has 1 aromatic rings. The summed E-state index contributed by atoms with van der Waals surface area (Å²) in [5.74, 6) is -3.75. The maximum absolute atomic E-state index is 13.5. The molecule has 106 valence electrons. The van der Waals surface area contributed by atoms with Crippen LogP contribution in [0.1, 0.15) is 23.0 Å². The highest BCUT2D eigenvalue weighted by atomic mass is 19.4. The molecule has 0 amide bonds. The second-order valence-corrected chi connectivity index (χ2v) is 3.25. The number of pyridine rings is 1. The molecule has 9 heteroatoms. The quantitative estimate of drug-likeness (QED) is 0.517.